The summed E-state index contributed by atoms with van der Waals surface area (Å²) in [6.45, 7) is 10.1. The fourth-order valence-corrected chi connectivity index (χ4v) is 4.09. The SMILES string of the molecule is CCNC(=NCCCNS(C)(=O)=O)N1CCN(C(CC)c2ccccc2)CC1.I. The van der Waals surface area contributed by atoms with Crippen LogP contribution in [0.15, 0.2) is 35.3 Å². The van der Waals surface area contributed by atoms with Crippen molar-refractivity contribution in [3.8, 4) is 0 Å². The second-order valence-corrected chi connectivity index (χ2v) is 8.95. The Balaban J connectivity index is 0.00000420. The van der Waals surface area contributed by atoms with Crippen LogP contribution in [-0.4, -0.2) is 76.2 Å². The maximum atomic E-state index is 11.1. The van der Waals surface area contributed by atoms with Crippen LogP contribution in [0, 0.1) is 0 Å². The second kappa shape index (κ2) is 13.4. The van der Waals surface area contributed by atoms with E-state index in [1.165, 1.54) is 11.8 Å². The lowest BCUT2D eigenvalue weighted by atomic mass is 10.0. The first-order valence-electron chi connectivity index (χ1n) is 10.2. The lowest BCUT2D eigenvalue weighted by Crippen LogP contribution is -2.53. The minimum absolute atomic E-state index is 0. The number of halogens is 1. The first-order valence-corrected chi connectivity index (χ1v) is 12.1. The maximum absolute atomic E-state index is 11.1. The minimum atomic E-state index is -3.13. The number of hydrogen-bond donors (Lipinski definition) is 2. The molecule has 0 spiro atoms. The van der Waals surface area contributed by atoms with Crippen molar-refractivity contribution in [3.63, 3.8) is 0 Å². The molecule has 0 aliphatic carbocycles. The number of aliphatic imine (C=N–C) groups is 1. The molecule has 1 aromatic carbocycles. The summed E-state index contributed by atoms with van der Waals surface area (Å²) in [6.07, 6.45) is 2.97. The van der Waals surface area contributed by atoms with E-state index in [1.54, 1.807) is 0 Å². The summed E-state index contributed by atoms with van der Waals surface area (Å²) in [6, 6.07) is 11.2. The van der Waals surface area contributed by atoms with Crippen molar-refractivity contribution in [1.82, 2.24) is 19.8 Å². The van der Waals surface area contributed by atoms with Gasteiger partial charge in [0, 0.05) is 51.9 Å². The summed E-state index contributed by atoms with van der Waals surface area (Å²) in [5.74, 6) is 0.925. The molecular formula is C20H36IN5O2S. The summed E-state index contributed by atoms with van der Waals surface area (Å²) in [4.78, 5) is 9.55. The van der Waals surface area contributed by atoms with E-state index < -0.39 is 10.0 Å². The van der Waals surface area contributed by atoms with Gasteiger partial charge in [0.15, 0.2) is 5.96 Å². The molecule has 1 heterocycles. The Kier molecular flexibility index (Phi) is 12.1. The van der Waals surface area contributed by atoms with E-state index in [4.69, 9.17) is 0 Å². The molecule has 166 valence electrons. The molecule has 0 bridgehead atoms. The van der Waals surface area contributed by atoms with E-state index in [1.807, 2.05) is 0 Å². The molecular weight excluding hydrogens is 501 g/mol. The minimum Gasteiger partial charge on any atom is -0.357 e. The number of rotatable bonds is 9. The molecule has 1 aliphatic rings. The van der Waals surface area contributed by atoms with Crippen LogP contribution in [0.5, 0.6) is 0 Å². The van der Waals surface area contributed by atoms with Crippen LogP contribution in [0.3, 0.4) is 0 Å². The third kappa shape index (κ3) is 9.18. The number of nitrogens with one attached hydrogen (secondary N) is 2. The van der Waals surface area contributed by atoms with E-state index in [0.717, 1.165) is 45.1 Å². The number of guanidine groups is 1. The molecule has 1 atom stereocenters. The highest BCUT2D eigenvalue weighted by Gasteiger charge is 2.25. The van der Waals surface area contributed by atoms with Crippen molar-refractivity contribution < 1.29 is 8.42 Å². The van der Waals surface area contributed by atoms with Gasteiger partial charge in [-0.05, 0) is 25.3 Å². The summed E-state index contributed by atoms with van der Waals surface area (Å²) in [5, 5.41) is 3.37. The summed E-state index contributed by atoms with van der Waals surface area (Å²) in [5.41, 5.74) is 1.39. The van der Waals surface area contributed by atoms with Crippen LogP contribution >= 0.6 is 24.0 Å². The zero-order chi connectivity index (χ0) is 20.4. The van der Waals surface area contributed by atoms with Gasteiger partial charge >= 0.3 is 0 Å². The second-order valence-electron chi connectivity index (χ2n) is 7.11. The zero-order valence-electron chi connectivity index (χ0n) is 17.8. The summed E-state index contributed by atoms with van der Waals surface area (Å²) >= 11 is 0. The van der Waals surface area contributed by atoms with Crippen molar-refractivity contribution in [2.24, 2.45) is 4.99 Å². The average molecular weight is 538 g/mol. The number of sulfonamides is 1. The number of hydrogen-bond acceptors (Lipinski definition) is 4. The molecule has 0 saturated carbocycles. The molecule has 2 rings (SSSR count). The van der Waals surface area contributed by atoms with Gasteiger partial charge in [0.05, 0.1) is 6.26 Å². The summed E-state index contributed by atoms with van der Waals surface area (Å²) in [7, 11) is -3.13. The molecule has 0 radical (unpaired) electrons. The number of nitrogens with zero attached hydrogens (tertiary/aromatic N) is 3. The van der Waals surface area contributed by atoms with E-state index in [2.05, 4.69) is 69.0 Å². The lowest BCUT2D eigenvalue weighted by Gasteiger charge is -2.40. The first-order chi connectivity index (χ1) is 13.4. The van der Waals surface area contributed by atoms with Crippen LogP contribution in [0.25, 0.3) is 0 Å². The highest BCUT2D eigenvalue weighted by atomic mass is 127. The molecule has 1 aromatic rings. The van der Waals surface area contributed by atoms with Gasteiger partial charge in [0.1, 0.15) is 0 Å². The van der Waals surface area contributed by atoms with E-state index in [-0.39, 0.29) is 24.0 Å². The molecule has 2 N–H and O–H groups in total. The Morgan fingerprint density at radius 1 is 1.14 bits per heavy atom. The van der Waals surface area contributed by atoms with Gasteiger partial charge in [-0.3, -0.25) is 9.89 Å². The molecule has 1 fully saturated rings. The van der Waals surface area contributed by atoms with Gasteiger partial charge in [-0.1, -0.05) is 37.3 Å². The molecule has 0 aromatic heterocycles. The highest BCUT2D eigenvalue weighted by Crippen LogP contribution is 2.25. The molecule has 1 aliphatic heterocycles. The lowest BCUT2D eigenvalue weighted by molar-refractivity contribution is 0.127. The molecule has 0 amide bonds. The van der Waals surface area contributed by atoms with Gasteiger partial charge < -0.3 is 10.2 Å². The van der Waals surface area contributed by atoms with E-state index in [9.17, 15) is 8.42 Å². The monoisotopic (exact) mass is 537 g/mol. The zero-order valence-corrected chi connectivity index (χ0v) is 20.9. The van der Waals surface area contributed by atoms with Crippen LogP contribution in [-0.2, 0) is 10.0 Å². The Morgan fingerprint density at radius 2 is 1.79 bits per heavy atom. The van der Waals surface area contributed by atoms with Gasteiger partial charge in [0.25, 0.3) is 0 Å². The van der Waals surface area contributed by atoms with Crippen LogP contribution in [0.4, 0.5) is 0 Å². The van der Waals surface area contributed by atoms with E-state index >= 15 is 0 Å². The van der Waals surface area contributed by atoms with Crippen molar-refractivity contribution in [2.75, 3.05) is 52.1 Å². The Morgan fingerprint density at radius 3 is 2.34 bits per heavy atom. The predicted octanol–water partition coefficient (Wildman–Crippen LogP) is 2.28. The van der Waals surface area contributed by atoms with Gasteiger partial charge in [0.2, 0.25) is 10.0 Å². The fraction of sp³-hybridized carbons (Fsp3) is 0.650. The molecule has 9 heteroatoms. The fourth-order valence-electron chi connectivity index (χ4n) is 3.57. The van der Waals surface area contributed by atoms with Crippen molar-refractivity contribution in [2.45, 2.75) is 32.7 Å². The smallest absolute Gasteiger partial charge is 0.208 e. The highest BCUT2D eigenvalue weighted by molar-refractivity contribution is 14.0. The van der Waals surface area contributed by atoms with Crippen molar-refractivity contribution in [3.05, 3.63) is 35.9 Å². The molecule has 1 saturated heterocycles. The predicted molar refractivity (Wildman–Crippen MR) is 131 cm³/mol. The van der Waals surface area contributed by atoms with Crippen molar-refractivity contribution in [1.29, 1.82) is 0 Å². The third-order valence-corrected chi connectivity index (χ3v) is 5.65. The Hall–Kier alpha value is -0.910. The quantitative estimate of drug-likeness (QED) is 0.219. The van der Waals surface area contributed by atoms with Gasteiger partial charge in [-0.2, -0.15) is 0 Å². The van der Waals surface area contributed by atoms with Gasteiger partial charge in [-0.15, -0.1) is 24.0 Å². The standard InChI is InChI=1S/C20H35N5O2S.HI/c1-4-19(18-10-7-6-8-11-18)24-14-16-25(17-15-24)20(21-5-2)22-12-9-13-23-28(3,26)27;/h6-8,10-11,19,23H,4-5,9,12-17H2,1-3H3,(H,21,22);1H. The normalized spacial score (nSPS) is 16.9. The first kappa shape index (κ1) is 26.1. The van der Waals surface area contributed by atoms with Crippen molar-refractivity contribution >= 4 is 40.0 Å². The molecule has 1 unspecified atom stereocenters. The van der Waals surface area contributed by atoms with Crippen LogP contribution < -0.4 is 10.0 Å². The third-order valence-electron chi connectivity index (χ3n) is 4.92. The number of piperazine rings is 1. The van der Waals surface area contributed by atoms with Crippen LogP contribution in [0.2, 0.25) is 0 Å². The van der Waals surface area contributed by atoms with E-state index in [0.29, 0.717) is 25.6 Å². The Labute approximate surface area is 193 Å². The molecule has 29 heavy (non-hydrogen) atoms. The molecule has 7 nitrogen and oxygen atoms in total. The maximum Gasteiger partial charge on any atom is 0.208 e. The topological polar surface area (TPSA) is 77.0 Å². The summed E-state index contributed by atoms with van der Waals surface area (Å²) < 4.78 is 24.7. The number of benzene rings is 1. The Bertz CT molecular complexity index is 707. The average Bonchev–Trinajstić information content (AvgIpc) is 2.68. The van der Waals surface area contributed by atoms with Crippen LogP contribution in [0.1, 0.15) is 38.3 Å². The largest absolute Gasteiger partial charge is 0.357 e. The van der Waals surface area contributed by atoms with Gasteiger partial charge in [-0.25, -0.2) is 13.1 Å².